The van der Waals surface area contributed by atoms with Crippen molar-refractivity contribution in [2.24, 2.45) is 0 Å². The summed E-state index contributed by atoms with van der Waals surface area (Å²) < 4.78 is 237. The number of fused-ring (bicyclic) bond motifs is 7. The van der Waals surface area contributed by atoms with Gasteiger partial charge in [-0.1, -0.05) is 121 Å². The van der Waals surface area contributed by atoms with E-state index in [0.29, 0.717) is 0 Å². The second-order valence-corrected chi connectivity index (χ2v) is 10.1. The first-order chi connectivity index (χ1) is 34.6. The fraction of sp³-hybridized carbons (Fsp3) is 0. The van der Waals surface area contributed by atoms with E-state index in [9.17, 15) is 8.22 Å². The molecule has 0 saturated carbocycles. The van der Waals surface area contributed by atoms with E-state index >= 15 is 0 Å². The normalized spacial score (nSPS) is 19.3. The van der Waals surface area contributed by atoms with Gasteiger partial charge >= 0.3 is 0 Å². The van der Waals surface area contributed by atoms with Crippen LogP contribution in [0.5, 0.6) is 0 Å². The minimum atomic E-state index is -1.02. The van der Waals surface area contributed by atoms with Crippen LogP contribution in [0, 0.1) is 0 Å². The summed E-state index contributed by atoms with van der Waals surface area (Å²) in [4.78, 5) is 13.0. The van der Waals surface area contributed by atoms with Gasteiger partial charge in [-0.3, -0.25) is 0 Å². The molecule has 0 fully saturated rings. The van der Waals surface area contributed by atoms with Crippen LogP contribution in [0.25, 0.3) is 94.4 Å². The number of aromatic nitrogens is 4. The van der Waals surface area contributed by atoms with Gasteiger partial charge in [0, 0.05) is 32.8 Å². The van der Waals surface area contributed by atoms with Gasteiger partial charge in [0.2, 0.25) is 0 Å². The molecule has 10 aromatic rings. The summed E-state index contributed by atoms with van der Waals surface area (Å²) >= 11 is 0. The second-order valence-electron chi connectivity index (χ2n) is 10.1. The number of furan rings is 1. The molecular weight excluding hydrogens is 589 g/mol. The molecule has 0 saturated heterocycles. The maximum atomic E-state index is 10.2. The van der Waals surface area contributed by atoms with E-state index in [1.54, 1.807) is 0 Å². The van der Waals surface area contributed by atoms with E-state index in [0.717, 1.165) is 4.57 Å². The van der Waals surface area contributed by atoms with E-state index in [-0.39, 0.29) is 0 Å². The van der Waals surface area contributed by atoms with Crippen LogP contribution in [0.4, 0.5) is 0 Å². The minimum absolute atomic E-state index is 0.514. The highest BCUT2D eigenvalue weighted by Crippen LogP contribution is 2.41. The van der Waals surface area contributed by atoms with Crippen molar-refractivity contribution in [1.82, 2.24) is 19.5 Å². The second kappa shape index (κ2) is 10.5. The third kappa shape index (κ3) is 4.15. The minimum Gasteiger partial charge on any atom is -0.456 e. The zero-order valence-corrected chi connectivity index (χ0v) is 23.7. The highest BCUT2D eigenvalue weighted by molar-refractivity contribution is 6.17. The van der Waals surface area contributed by atoms with Crippen molar-refractivity contribution in [3.05, 3.63) is 157 Å². The molecule has 3 aromatic heterocycles. The maximum absolute atomic E-state index is 10.2. The molecule has 0 radical (unpaired) electrons. The Bertz CT molecular complexity index is 4190. The van der Waals surface area contributed by atoms with Crippen LogP contribution in [0.2, 0.25) is 0 Å². The van der Waals surface area contributed by atoms with Crippen molar-refractivity contribution in [3.8, 4) is 39.9 Å². The first-order valence-corrected chi connectivity index (χ1v) is 13.9. The summed E-state index contributed by atoms with van der Waals surface area (Å²) in [6.45, 7) is 0. The summed E-state index contributed by atoms with van der Waals surface area (Å²) in [5.74, 6) is -2.56. The molecule has 0 atom stereocenters. The predicted octanol–water partition coefficient (Wildman–Crippen LogP) is 11.0. The monoisotopic (exact) mass is 640 g/mol. The highest BCUT2D eigenvalue weighted by Gasteiger charge is 2.21. The topological polar surface area (TPSA) is 56.7 Å². The molecule has 0 spiro atoms. The molecule has 5 heteroatoms. The lowest BCUT2D eigenvalue weighted by atomic mass is 10.1. The molecule has 10 rings (SSSR count). The lowest BCUT2D eigenvalue weighted by Crippen LogP contribution is -2.01. The predicted molar refractivity (Wildman–Crippen MR) is 195 cm³/mol. The Morgan fingerprint density at radius 3 is 1.71 bits per heavy atom. The zero-order chi connectivity index (χ0) is 54.2. The fourth-order valence-electron chi connectivity index (χ4n) is 5.38. The van der Waals surface area contributed by atoms with Crippen LogP contribution in [-0.4, -0.2) is 19.5 Å². The average molecular weight is 641 g/mol. The van der Waals surface area contributed by atoms with Crippen LogP contribution in [0.15, 0.2) is 162 Å². The van der Waals surface area contributed by atoms with E-state index in [4.69, 9.17) is 31.8 Å². The fourth-order valence-corrected chi connectivity index (χ4v) is 5.38. The quantitative estimate of drug-likeness (QED) is 0.192. The van der Waals surface area contributed by atoms with E-state index in [1.165, 1.54) is 0 Å². The van der Waals surface area contributed by atoms with E-state index in [1.807, 2.05) is 0 Å². The molecule has 224 valence electrons. The van der Waals surface area contributed by atoms with E-state index in [2.05, 4.69) is 15.0 Å². The van der Waals surface area contributed by atoms with Gasteiger partial charge in [-0.2, -0.15) is 0 Å². The average Bonchev–Trinajstić information content (AvgIpc) is 3.96. The van der Waals surface area contributed by atoms with Crippen molar-refractivity contribution < 1.29 is 40.1 Å². The third-order valence-electron chi connectivity index (χ3n) is 7.37. The zero-order valence-electron chi connectivity index (χ0n) is 49.7. The largest absolute Gasteiger partial charge is 0.456 e. The number of para-hydroxylation sites is 2. The molecule has 7 aromatic carbocycles. The van der Waals surface area contributed by atoms with Gasteiger partial charge in [0.05, 0.1) is 57.7 Å². The van der Waals surface area contributed by atoms with Crippen LogP contribution in [0.3, 0.4) is 0 Å². The van der Waals surface area contributed by atoms with Crippen LogP contribution in [-0.2, 0) is 0 Å². The Morgan fingerprint density at radius 2 is 1.00 bits per heavy atom. The van der Waals surface area contributed by atoms with Crippen LogP contribution in [0.1, 0.15) is 35.6 Å². The molecule has 5 nitrogen and oxygen atoms in total. The molecule has 0 aliphatic heterocycles. The summed E-state index contributed by atoms with van der Waals surface area (Å²) in [7, 11) is 0. The van der Waals surface area contributed by atoms with Gasteiger partial charge < -0.3 is 8.98 Å². The third-order valence-corrected chi connectivity index (χ3v) is 7.37. The van der Waals surface area contributed by atoms with Crippen molar-refractivity contribution in [2.75, 3.05) is 0 Å². The summed E-state index contributed by atoms with van der Waals surface area (Å²) in [6.07, 6.45) is 0. The SMILES string of the molecule is [2H]c1c([2H])c([2H])c(-c2nc(-c3c([2H])c([2H])c([2H])c([2H])c3[2H])nc(-c3c([2H])c(-n4c5c([2H])c([2H])c([2H])c([2H])c5c5c([2H])c6c([2H])c([2H])c([2H])c([2H])c6c([2H])c54)c4c(oc5c([2H])c([2H])c([2H])c([2H])c54)c3[2H])n2)c([2H])c1[2H]. The smallest absolute Gasteiger partial charge is 0.164 e. The van der Waals surface area contributed by atoms with Gasteiger partial charge in [-0.05, 0) is 47.0 Å². The molecule has 0 bridgehead atoms. The molecule has 0 aliphatic rings. The number of rotatable bonds is 4. The maximum Gasteiger partial charge on any atom is 0.164 e. The first-order valence-electron chi connectivity index (χ1n) is 26.9. The molecule has 48 heavy (non-hydrogen) atoms. The standard InChI is InChI=1S/C43H26N4O/c1-3-13-27(14-4-1)41-44-42(28-15-5-2-6-16-28)46-43(45-41)31-25-37(40-33-20-10-12-22-38(33)48-39(40)26-31)47-35-21-11-9-19-32(35)34-23-29-17-7-8-18-30(29)24-36(34)47/h1-26H/i1D,2D,3D,4D,5D,6D,7D,8D,9D,10D,11D,12D,13D,14D,15D,16D,17D,18D,19D,20D,21D,22D,23D,24D,25D,26D. The number of benzene rings is 7. The highest BCUT2D eigenvalue weighted by atomic mass is 16.3. The summed E-state index contributed by atoms with van der Waals surface area (Å²) in [6, 6.07) is -22.6. The van der Waals surface area contributed by atoms with Crippen molar-refractivity contribution in [3.63, 3.8) is 0 Å². The van der Waals surface area contributed by atoms with Crippen molar-refractivity contribution in [1.29, 1.82) is 0 Å². The Labute approximate surface area is 311 Å². The molecule has 0 N–H and O–H groups in total. The lowest BCUT2D eigenvalue weighted by Gasteiger charge is -2.13. The molecule has 0 aliphatic carbocycles. The number of hydrogen-bond acceptors (Lipinski definition) is 4. The van der Waals surface area contributed by atoms with Crippen LogP contribution < -0.4 is 0 Å². The molecule has 0 amide bonds. The Morgan fingerprint density at radius 1 is 0.438 bits per heavy atom. The molecule has 0 unspecified atom stereocenters. The van der Waals surface area contributed by atoms with E-state index < -0.39 is 251 Å². The summed E-state index contributed by atoms with van der Waals surface area (Å²) in [5.41, 5.74) is -5.64. The van der Waals surface area contributed by atoms with Gasteiger partial charge in [-0.25, -0.2) is 15.0 Å². The number of nitrogens with zero attached hydrogens (tertiary/aromatic N) is 4. The Kier molecular flexibility index (Phi) is 2.53. The molecular formula is C43H26N4O. The summed E-state index contributed by atoms with van der Waals surface area (Å²) in [5, 5.41) is -3.24. The Hall–Kier alpha value is -6.59. The van der Waals surface area contributed by atoms with Gasteiger partial charge in [0.15, 0.2) is 17.5 Å². The van der Waals surface area contributed by atoms with Gasteiger partial charge in [0.1, 0.15) is 11.2 Å². The first kappa shape index (κ1) is 11.6. The van der Waals surface area contributed by atoms with Gasteiger partial charge in [-0.15, -0.1) is 0 Å². The van der Waals surface area contributed by atoms with Crippen LogP contribution >= 0.6 is 0 Å². The lowest BCUT2D eigenvalue weighted by molar-refractivity contribution is 0.669. The van der Waals surface area contributed by atoms with Crippen molar-refractivity contribution in [2.45, 2.75) is 0 Å². The molecule has 3 heterocycles. The Balaban J connectivity index is 1.52. The van der Waals surface area contributed by atoms with Crippen molar-refractivity contribution >= 4 is 54.5 Å². The van der Waals surface area contributed by atoms with Gasteiger partial charge in [0.25, 0.3) is 0 Å². The number of hydrogen-bond donors (Lipinski definition) is 0.